The summed E-state index contributed by atoms with van der Waals surface area (Å²) in [6.45, 7) is 9.02. The van der Waals surface area contributed by atoms with Crippen LogP contribution in [0.5, 0.6) is 0 Å². The van der Waals surface area contributed by atoms with Crippen LogP contribution in [-0.2, 0) is 33.4 Å². The van der Waals surface area contributed by atoms with Crippen LogP contribution in [0.1, 0.15) is 47.0 Å². The van der Waals surface area contributed by atoms with Gasteiger partial charge in [-0.15, -0.1) is 0 Å². The van der Waals surface area contributed by atoms with Gasteiger partial charge in [-0.05, 0) is 32.8 Å². The number of ketones is 1. The molecule has 2 rings (SSSR count). The third-order valence-electron chi connectivity index (χ3n) is 4.82. The quantitative estimate of drug-likeness (QED) is 0.428. The zero-order chi connectivity index (χ0) is 21.9. The summed E-state index contributed by atoms with van der Waals surface area (Å²) in [5, 5.41) is 10.6. The van der Waals surface area contributed by atoms with Crippen LogP contribution in [0.25, 0.3) is 0 Å². The molecule has 0 radical (unpaired) electrons. The first-order valence-corrected chi connectivity index (χ1v) is 9.34. The van der Waals surface area contributed by atoms with Crippen LogP contribution in [0.2, 0.25) is 0 Å². The van der Waals surface area contributed by atoms with Crippen molar-refractivity contribution >= 4 is 23.7 Å². The molecule has 3 atom stereocenters. The summed E-state index contributed by atoms with van der Waals surface area (Å²) in [7, 11) is 0. The fourth-order valence-corrected chi connectivity index (χ4v) is 3.13. The minimum atomic E-state index is -1.44. The van der Waals surface area contributed by atoms with E-state index in [1.165, 1.54) is 26.8 Å². The number of fused-ring (bicyclic) bond motifs is 1. The Balaban J connectivity index is 2.62. The van der Waals surface area contributed by atoms with Crippen molar-refractivity contribution in [1.82, 2.24) is 0 Å². The van der Waals surface area contributed by atoms with Crippen molar-refractivity contribution in [3.05, 3.63) is 35.1 Å². The van der Waals surface area contributed by atoms with Crippen LogP contribution >= 0.6 is 0 Å². The average molecular weight is 406 g/mol. The molecular weight excluding hydrogens is 380 g/mol. The smallest absolute Gasteiger partial charge is 0.343 e. The van der Waals surface area contributed by atoms with Gasteiger partial charge < -0.3 is 19.3 Å². The molecule has 1 aliphatic carbocycles. The lowest BCUT2D eigenvalue weighted by Crippen LogP contribution is -2.31. The molecule has 0 saturated carbocycles. The van der Waals surface area contributed by atoms with Gasteiger partial charge in [0.2, 0.25) is 0 Å². The van der Waals surface area contributed by atoms with Gasteiger partial charge in [0.15, 0.2) is 0 Å². The highest BCUT2D eigenvalue weighted by atomic mass is 16.6. The molecule has 0 fully saturated rings. The Morgan fingerprint density at radius 1 is 1.34 bits per heavy atom. The van der Waals surface area contributed by atoms with E-state index in [1.807, 2.05) is 0 Å². The van der Waals surface area contributed by atoms with E-state index in [9.17, 15) is 24.3 Å². The first-order valence-electron chi connectivity index (χ1n) is 9.34. The predicted molar refractivity (Wildman–Crippen MR) is 101 cm³/mol. The van der Waals surface area contributed by atoms with Crippen LogP contribution < -0.4 is 0 Å². The first kappa shape index (κ1) is 22.5. The maximum Gasteiger partial charge on any atom is 0.343 e. The van der Waals surface area contributed by atoms with Gasteiger partial charge >= 0.3 is 17.9 Å². The molecule has 1 heterocycles. The summed E-state index contributed by atoms with van der Waals surface area (Å²) in [5.41, 5.74) is -1.10. The predicted octanol–water partition coefficient (Wildman–Crippen LogP) is 1.91. The van der Waals surface area contributed by atoms with Crippen LogP contribution in [-0.4, -0.2) is 47.1 Å². The van der Waals surface area contributed by atoms with Crippen LogP contribution in [0.4, 0.5) is 0 Å². The fourth-order valence-electron chi connectivity index (χ4n) is 3.13. The zero-order valence-corrected chi connectivity index (χ0v) is 17.1. The highest BCUT2D eigenvalue weighted by Crippen LogP contribution is 2.37. The highest BCUT2D eigenvalue weighted by Gasteiger charge is 2.40. The maximum atomic E-state index is 12.5. The van der Waals surface area contributed by atoms with Gasteiger partial charge in [0.05, 0.1) is 11.2 Å². The number of aliphatic hydroxyl groups is 1. The van der Waals surface area contributed by atoms with Gasteiger partial charge in [0.25, 0.3) is 0 Å². The van der Waals surface area contributed by atoms with E-state index in [1.54, 1.807) is 6.92 Å². The number of carbonyl (C=O) groups is 4. The molecule has 2 aliphatic rings. The minimum absolute atomic E-state index is 0.00184. The van der Waals surface area contributed by atoms with Crippen molar-refractivity contribution in [3.8, 4) is 0 Å². The lowest BCUT2D eigenvalue weighted by Gasteiger charge is -2.27. The van der Waals surface area contributed by atoms with E-state index in [4.69, 9.17) is 14.2 Å². The number of ether oxygens (including phenoxy) is 3. The lowest BCUT2D eigenvalue weighted by molar-refractivity contribution is -0.144. The summed E-state index contributed by atoms with van der Waals surface area (Å²) in [6.07, 6.45) is 0.667. The van der Waals surface area contributed by atoms with Crippen molar-refractivity contribution in [1.29, 1.82) is 0 Å². The number of hydrogen-bond donors (Lipinski definition) is 1. The maximum absolute atomic E-state index is 12.5. The molecule has 1 N–H and O–H groups in total. The second kappa shape index (κ2) is 8.73. The lowest BCUT2D eigenvalue weighted by atomic mass is 9.85. The third kappa shape index (κ3) is 5.63. The summed E-state index contributed by atoms with van der Waals surface area (Å²) in [6, 6.07) is 0. The Kier molecular flexibility index (Phi) is 6.79. The highest BCUT2D eigenvalue weighted by molar-refractivity contribution is 5.96. The number of carbonyl (C=O) groups excluding carboxylic acids is 4. The minimum Gasteiger partial charge on any atom is -0.461 e. The monoisotopic (exact) mass is 406 g/mol. The molecule has 0 aromatic carbocycles. The van der Waals surface area contributed by atoms with Crippen LogP contribution in [0, 0.1) is 5.92 Å². The van der Waals surface area contributed by atoms with Crippen molar-refractivity contribution < 1.29 is 38.5 Å². The molecule has 0 spiro atoms. The van der Waals surface area contributed by atoms with Crippen molar-refractivity contribution in [2.75, 3.05) is 6.61 Å². The second-order valence-corrected chi connectivity index (χ2v) is 7.71. The van der Waals surface area contributed by atoms with E-state index in [-0.39, 0.29) is 54.1 Å². The van der Waals surface area contributed by atoms with Gasteiger partial charge in [-0.3, -0.25) is 9.59 Å². The zero-order valence-electron chi connectivity index (χ0n) is 17.1. The Bertz CT molecular complexity index is 815. The Labute approximate surface area is 169 Å². The first-order chi connectivity index (χ1) is 13.4. The molecule has 158 valence electrons. The fraction of sp³-hybridized carbons (Fsp3) is 0.524. The van der Waals surface area contributed by atoms with Crippen molar-refractivity contribution in [2.24, 2.45) is 5.92 Å². The molecule has 3 unspecified atom stereocenters. The SMILES string of the molecule is C=C(C)C(=O)OC1CC(C)C(=O)CCC(C)(O)C=C2OC(=O)C(COC(C)=O)=C21. The van der Waals surface area contributed by atoms with Gasteiger partial charge in [0, 0.05) is 30.4 Å². The van der Waals surface area contributed by atoms with Crippen molar-refractivity contribution in [2.45, 2.75) is 58.7 Å². The molecular formula is C21H26O8. The molecule has 0 aromatic heterocycles. The van der Waals surface area contributed by atoms with Gasteiger partial charge in [-0.25, -0.2) is 9.59 Å². The number of Topliss-reactive ketones (excluding diaryl/α,β-unsaturated/α-hetero) is 1. The second-order valence-electron chi connectivity index (χ2n) is 7.71. The van der Waals surface area contributed by atoms with Gasteiger partial charge in [0.1, 0.15) is 24.3 Å². The Morgan fingerprint density at radius 2 is 2.00 bits per heavy atom. The number of rotatable bonds is 4. The van der Waals surface area contributed by atoms with Gasteiger partial charge in [-0.2, -0.15) is 0 Å². The van der Waals surface area contributed by atoms with E-state index in [2.05, 4.69) is 6.58 Å². The van der Waals surface area contributed by atoms with E-state index in [0.29, 0.717) is 0 Å². The third-order valence-corrected chi connectivity index (χ3v) is 4.82. The molecule has 29 heavy (non-hydrogen) atoms. The largest absolute Gasteiger partial charge is 0.461 e. The molecule has 0 aromatic rings. The molecule has 1 aliphatic heterocycles. The van der Waals surface area contributed by atoms with Crippen molar-refractivity contribution in [3.63, 3.8) is 0 Å². The molecule has 0 saturated heterocycles. The standard InChI is InChI=1S/C21H26O8/c1-11(2)19(24)28-16-8-12(3)15(23)6-7-21(5,26)9-17-18(16)14(20(25)29-17)10-27-13(4)22/h9,12,16,26H,1,6-8,10H2,2-5H3. The van der Waals surface area contributed by atoms with Gasteiger partial charge in [-0.1, -0.05) is 13.5 Å². The summed E-state index contributed by atoms with van der Waals surface area (Å²) in [5.74, 6) is -2.65. The molecule has 8 heteroatoms. The molecule has 8 nitrogen and oxygen atoms in total. The van der Waals surface area contributed by atoms with E-state index < -0.39 is 35.5 Å². The average Bonchev–Trinajstić information content (AvgIpc) is 2.90. The summed E-state index contributed by atoms with van der Waals surface area (Å²) < 4.78 is 15.8. The van der Waals surface area contributed by atoms with Crippen LogP contribution in [0.3, 0.4) is 0 Å². The normalized spacial score (nSPS) is 27.6. The summed E-state index contributed by atoms with van der Waals surface area (Å²) in [4.78, 5) is 48.4. The molecule has 0 amide bonds. The topological polar surface area (TPSA) is 116 Å². The van der Waals surface area contributed by atoms with E-state index >= 15 is 0 Å². The summed E-state index contributed by atoms with van der Waals surface area (Å²) >= 11 is 0. The number of hydrogen-bond acceptors (Lipinski definition) is 8. The Hall–Kier alpha value is -2.74. The molecule has 0 bridgehead atoms. The number of esters is 3. The van der Waals surface area contributed by atoms with E-state index in [0.717, 1.165) is 0 Å². The van der Waals surface area contributed by atoms with Crippen LogP contribution in [0.15, 0.2) is 35.1 Å². The Morgan fingerprint density at radius 3 is 2.59 bits per heavy atom.